The lowest BCUT2D eigenvalue weighted by Crippen LogP contribution is -2.02. The van der Waals surface area contributed by atoms with Gasteiger partial charge < -0.3 is 5.32 Å². The van der Waals surface area contributed by atoms with Crippen molar-refractivity contribution in [1.29, 1.82) is 0 Å². The molecule has 0 spiro atoms. The quantitative estimate of drug-likeness (QED) is 0.818. The van der Waals surface area contributed by atoms with Crippen LogP contribution in [0.2, 0.25) is 5.02 Å². The summed E-state index contributed by atoms with van der Waals surface area (Å²) >= 11 is 5.93. The first-order valence-electron chi connectivity index (χ1n) is 5.20. The van der Waals surface area contributed by atoms with Crippen molar-refractivity contribution in [3.63, 3.8) is 0 Å². The Morgan fingerprint density at radius 1 is 1.00 bits per heavy atom. The lowest BCUT2D eigenvalue weighted by atomic mass is 10.2. The number of nitrogens with one attached hydrogen (secondary N) is 1. The molecule has 0 atom stereocenters. The molecular formula is C13H9ClF3N. The average molecular weight is 272 g/mol. The van der Waals surface area contributed by atoms with Crippen molar-refractivity contribution < 1.29 is 13.2 Å². The molecule has 0 saturated carbocycles. The summed E-state index contributed by atoms with van der Waals surface area (Å²) in [6.45, 7) is 0.296. The Labute approximate surface area is 107 Å². The molecule has 5 heteroatoms. The largest absolute Gasteiger partial charge is 0.381 e. The lowest BCUT2D eigenvalue weighted by molar-refractivity contribution is 0.447. The van der Waals surface area contributed by atoms with Crippen molar-refractivity contribution in [3.05, 3.63) is 64.4 Å². The first kappa shape index (κ1) is 12.8. The number of hydrogen-bond acceptors (Lipinski definition) is 1. The predicted octanol–water partition coefficient (Wildman–Crippen LogP) is 4.37. The van der Waals surface area contributed by atoms with Gasteiger partial charge in [-0.3, -0.25) is 0 Å². The Balaban J connectivity index is 2.14. The van der Waals surface area contributed by atoms with Crippen LogP contribution in [-0.2, 0) is 6.54 Å². The van der Waals surface area contributed by atoms with Crippen molar-refractivity contribution in [1.82, 2.24) is 0 Å². The molecule has 94 valence electrons. The maximum Gasteiger partial charge on any atom is 0.194 e. The second-order valence-corrected chi connectivity index (χ2v) is 4.11. The van der Waals surface area contributed by atoms with Gasteiger partial charge >= 0.3 is 0 Å². The van der Waals surface area contributed by atoms with E-state index in [2.05, 4.69) is 5.32 Å². The van der Waals surface area contributed by atoms with Crippen molar-refractivity contribution >= 4 is 17.3 Å². The summed E-state index contributed by atoms with van der Waals surface area (Å²) in [5.74, 6) is -3.92. The highest BCUT2D eigenvalue weighted by Crippen LogP contribution is 2.20. The summed E-state index contributed by atoms with van der Waals surface area (Å²) in [6, 6.07) is 8.87. The van der Waals surface area contributed by atoms with Crippen LogP contribution in [-0.4, -0.2) is 0 Å². The van der Waals surface area contributed by atoms with Gasteiger partial charge in [-0.05, 0) is 11.6 Å². The van der Waals surface area contributed by atoms with Crippen LogP contribution >= 0.6 is 11.6 Å². The van der Waals surface area contributed by atoms with E-state index in [-0.39, 0.29) is 5.69 Å². The first-order chi connectivity index (χ1) is 8.58. The van der Waals surface area contributed by atoms with E-state index in [0.29, 0.717) is 11.6 Å². The first-order valence-corrected chi connectivity index (χ1v) is 5.57. The van der Waals surface area contributed by atoms with Gasteiger partial charge in [-0.15, -0.1) is 0 Å². The third-order valence-corrected chi connectivity index (χ3v) is 2.79. The third kappa shape index (κ3) is 2.76. The predicted molar refractivity (Wildman–Crippen MR) is 65.1 cm³/mol. The number of hydrogen-bond donors (Lipinski definition) is 1. The Bertz CT molecular complexity index is 549. The van der Waals surface area contributed by atoms with E-state index >= 15 is 0 Å². The van der Waals surface area contributed by atoms with Gasteiger partial charge in [0.25, 0.3) is 0 Å². The summed E-state index contributed by atoms with van der Waals surface area (Å²) in [4.78, 5) is 0. The Morgan fingerprint density at radius 2 is 1.61 bits per heavy atom. The molecule has 18 heavy (non-hydrogen) atoms. The SMILES string of the molecule is Fc1cc(NCc2ccccc2Cl)cc(F)c1F. The number of benzene rings is 2. The lowest BCUT2D eigenvalue weighted by Gasteiger charge is -2.08. The van der Waals surface area contributed by atoms with Crippen LogP contribution in [0.25, 0.3) is 0 Å². The molecule has 1 N–H and O–H groups in total. The third-order valence-electron chi connectivity index (χ3n) is 2.42. The van der Waals surface area contributed by atoms with Crippen LogP contribution in [0.3, 0.4) is 0 Å². The van der Waals surface area contributed by atoms with Gasteiger partial charge in [-0.1, -0.05) is 29.8 Å². The van der Waals surface area contributed by atoms with E-state index in [1.807, 2.05) is 0 Å². The van der Waals surface area contributed by atoms with Gasteiger partial charge in [-0.25, -0.2) is 13.2 Å². The molecule has 0 aliphatic heterocycles. The van der Waals surface area contributed by atoms with Gasteiger partial charge in [0, 0.05) is 29.4 Å². The average Bonchev–Trinajstić information content (AvgIpc) is 2.35. The zero-order valence-corrected chi connectivity index (χ0v) is 9.94. The van der Waals surface area contributed by atoms with Gasteiger partial charge in [0.1, 0.15) is 0 Å². The molecule has 0 aliphatic carbocycles. The molecule has 0 heterocycles. The van der Waals surface area contributed by atoms with Crippen molar-refractivity contribution in [2.24, 2.45) is 0 Å². The van der Waals surface area contributed by atoms with E-state index in [1.54, 1.807) is 24.3 Å². The topological polar surface area (TPSA) is 12.0 Å². The Morgan fingerprint density at radius 3 is 2.22 bits per heavy atom. The van der Waals surface area contributed by atoms with E-state index in [4.69, 9.17) is 11.6 Å². The van der Waals surface area contributed by atoms with Crippen LogP contribution in [0, 0.1) is 17.5 Å². The van der Waals surface area contributed by atoms with Crippen LogP contribution in [0.4, 0.5) is 18.9 Å². The number of anilines is 1. The molecule has 0 aliphatic rings. The molecule has 0 aromatic heterocycles. The zero-order chi connectivity index (χ0) is 13.1. The fraction of sp³-hybridized carbons (Fsp3) is 0.0769. The maximum atomic E-state index is 13.0. The molecule has 0 bridgehead atoms. The molecule has 0 unspecified atom stereocenters. The molecule has 0 saturated heterocycles. The smallest absolute Gasteiger partial charge is 0.194 e. The minimum atomic E-state index is -1.47. The molecule has 0 fully saturated rings. The van der Waals surface area contributed by atoms with Gasteiger partial charge in [0.2, 0.25) is 0 Å². The van der Waals surface area contributed by atoms with Gasteiger partial charge in [-0.2, -0.15) is 0 Å². The molecule has 0 radical (unpaired) electrons. The van der Waals surface area contributed by atoms with Crippen LogP contribution in [0.15, 0.2) is 36.4 Å². The highest BCUT2D eigenvalue weighted by atomic mass is 35.5. The van der Waals surface area contributed by atoms with E-state index in [1.165, 1.54) is 0 Å². The fourth-order valence-corrected chi connectivity index (χ4v) is 1.70. The Kier molecular flexibility index (Phi) is 3.77. The standard InChI is InChI=1S/C13H9ClF3N/c14-10-4-2-1-3-8(10)7-18-9-5-11(15)13(17)12(16)6-9/h1-6,18H,7H2. The second-order valence-electron chi connectivity index (χ2n) is 3.70. The van der Waals surface area contributed by atoms with Crippen molar-refractivity contribution in [2.45, 2.75) is 6.54 Å². The van der Waals surface area contributed by atoms with Crippen LogP contribution in [0.5, 0.6) is 0 Å². The molecule has 1 nitrogen and oxygen atoms in total. The van der Waals surface area contributed by atoms with E-state index in [0.717, 1.165) is 17.7 Å². The maximum absolute atomic E-state index is 13.0. The fourth-order valence-electron chi connectivity index (χ4n) is 1.50. The summed E-state index contributed by atoms with van der Waals surface area (Å²) in [6.07, 6.45) is 0. The normalized spacial score (nSPS) is 10.4. The van der Waals surface area contributed by atoms with Crippen molar-refractivity contribution in [2.75, 3.05) is 5.32 Å². The van der Waals surface area contributed by atoms with E-state index < -0.39 is 17.5 Å². The summed E-state index contributed by atoms with van der Waals surface area (Å²) in [7, 11) is 0. The minimum Gasteiger partial charge on any atom is -0.381 e. The molecular weight excluding hydrogens is 263 g/mol. The molecule has 2 rings (SSSR count). The second kappa shape index (κ2) is 5.31. The highest BCUT2D eigenvalue weighted by Gasteiger charge is 2.10. The van der Waals surface area contributed by atoms with Crippen LogP contribution < -0.4 is 5.32 Å². The highest BCUT2D eigenvalue weighted by molar-refractivity contribution is 6.31. The number of rotatable bonds is 3. The zero-order valence-electron chi connectivity index (χ0n) is 9.18. The minimum absolute atomic E-state index is 0.159. The molecule has 2 aromatic carbocycles. The van der Waals surface area contributed by atoms with Gasteiger partial charge in [0.15, 0.2) is 17.5 Å². The van der Waals surface area contributed by atoms with Crippen molar-refractivity contribution in [3.8, 4) is 0 Å². The summed E-state index contributed by atoms with van der Waals surface area (Å²) in [5, 5.41) is 3.33. The van der Waals surface area contributed by atoms with Crippen LogP contribution in [0.1, 0.15) is 5.56 Å². The molecule has 0 amide bonds. The molecule has 2 aromatic rings. The summed E-state index contributed by atoms with van der Waals surface area (Å²) < 4.78 is 38.7. The number of halogens is 4. The van der Waals surface area contributed by atoms with E-state index in [9.17, 15) is 13.2 Å². The summed E-state index contributed by atoms with van der Waals surface area (Å²) in [5.41, 5.74) is 0.940. The van der Waals surface area contributed by atoms with Gasteiger partial charge in [0.05, 0.1) is 0 Å². The Hall–Kier alpha value is -1.68. The monoisotopic (exact) mass is 271 g/mol.